The van der Waals surface area contributed by atoms with Crippen LogP contribution < -0.4 is 19.9 Å². The van der Waals surface area contributed by atoms with E-state index in [1.165, 1.54) is 6.07 Å². The summed E-state index contributed by atoms with van der Waals surface area (Å²) in [6.07, 6.45) is 2.26. The minimum Gasteiger partial charge on any atom is -0.497 e. The maximum absolute atomic E-state index is 14.5. The minimum atomic E-state index is -0.491. The molecule has 2 fully saturated rings. The van der Waals surface area contributed by atoms with Crippen LogP contribution in [0.1, 0.15) is 19.3 Å². The van der Waals surface area contributed by atoms with Gasteiger partial charge in [-0.2, -0.15) is 0 Å². The smallest absolute Gasteiger partial charge is 0.229 e. The molecule has 2 amide bonds. The number of carbonyl (C=O) groups excluding carboxylic acids is 2. The van der Waals surface area contributed by atoms with Crippen LogP contribution in [0, 0.1) is 11.7 Å². The lowest BCUT2D eigenvalue weighted by molar-refractivity contribution is -0.122. The molecule has 0 saturated carbocycles. The van der Waals surface area contributed by atoms with Crippen LogP contribution in [-0.2, 0) is 9.59 Å². The van der Waals surface area contributed by atoms with Crippen molar-refractivity contribution in [3.8, 4) is 5.75 Å². The highest BCUT2D eigenvalue weighted by molar-refractivity contribution is 6.03. The fourth-order valence-electron chi connectivity index (χ4n) is 3.95. The largest absolute Gasteiger partial charge is 0.497 e. The zero-order valence-electron chi connectivity index (χ0n) is 16.4. The van der Waals surface area contributed by atoms with E-state index >= 15 is 0 Å². The Bertz CT molecular complexity index is 927. The van der Waals surface area contributed by atoms with Gasteiger partial charge >= 0.3 is 0 Å². The molecule has 1 atom stereocenters. The number of hydrogen-bond acceptors (Lipinski definition) is 4. The summed E-state index contributed by atoms with van der Waals surface area (Å²) in [5.41, 5.74) is 1.68. The predicted octanol–water partition coefficient (Wildman–Crippen LogP) is 3.43. The van der Waals surface area contributed by atoms with Gasteiger partial charge in [-0.25, -0.2) is 4.39 Å². The van der Waals surface area contributed by atoms with Crippen molar-refractivity contribution in [3.63, 3.8) is 0 Å². The highest BCUT2D eigenvalue weighted by Gasteiger charge is 2.35. The Hall–Kier alpha value is -3.09. The molecular weight excluding hydrogens is 373 g/mol. The fraction of sp³-hybridized carbons (Fsp3) is 0.364. The summed E-state index contributed by atoms with van der Waals surface area (Å²) in [6, 6.07) is 12.0. The number of rotatable bonds is 5. The quantitative estimate of drug-likeness (QED) is 0.840. The lowest BCUT2D eigenvalue weighted by Gasteiger charge is -2.19. The van der Waals surface area contributed by atoms with E-state index in [1.807, 2.05) is 11.0 Å². The van der Waals surface area contributed by atoms with Crippen LogP contribution in [0.15, 0.2) is 42.5 Å². The molecule has 2 heterocycles. The second-order valence-electron chi connectivity index (χ2n) is 7.46. The molecule has 2 aliphatic heterocycles. The molecule has 4 rings (SSSR count). The Balaban J connectivity index is 1.42. The summed E-state index contributed by atoms with van der Waals surface area (Å²) >= 11 is 0. The Morgan fingerprint density at radius 2 is 1.97 bits per heavy atom. The van der Waals surface area contributed by atoms with Crippen LogP contribution in [0.5, 0.6) is 5.75 Å². The molecule has 1 N–H and O–H groups in total. The van der Waals surface area contributed by atoms with Crippen molar-refractivity contribution in [2.24, 2.45) is 5.92 Å². The zero-order chi connectivity index (χ0) is 20.4. The predicted molar refractivity (Wildman–Crippen MR) is 110 cm³/mol. The lowest BCUT2D eigenvalue weighted by Crippen LogP contribution is -2.28. The van der Waals surface area contributed by atoms with Crippen molar-refractivity contribution < 1.29 is 18.7 Å². The number of ether oxygens (including phenoxy) is 1. The number of anilines is 3. The number of nitrogens with one attached hydrogen (secondary N) is 1. The van der Waals surface area contributed by atoms with Gasteiger partial charge in [0.2, 0.25) is 11.8 Å². The van der Waals surface area contributed by atoms with E-state index in [1.54, 1.807) is 42.3 Å². The molecule has 2 aromatic carbocycles. The highest BCUT2D eigenvalue weighted by Crippen LogP contribution is 2.30. The maximum Gasteiger partial charge on any atom is 0.229 e. The first kappa shape index (κ1) is 19.2. The van der Waals surface area contributed by atoms with Crippen molar-refractivity contribution in [2.75, 3.05) is 41.9 Å². The summed E-state index contributed by atoms with van der Waals surface area (Å²) < 4.78 is 19.7. The van der Waals surface area contributed by atoms with E-state index in [-0.39, 0.29) is 30.6 Å². The molecule has 152 valence electrons. The highest BCUT2D eigenvalue weighted by atomic mass is 19.1. The summed E-state index contributed by atoms with van der Waals surface area (Å²) in [5, 5.41) is 2.76. The van der Waals surface area contributed by atoms with Crippen LogP contribution in [-0.4, -0.2) is 38.6 Å². The topological polar surface area (TPSA) is 61.9 Å². The number of methoxy groups -OCH3 is 1. The van der Waals surface area contributed by atoms with E-state index in [9.17, 15) is 14.0 Å². The Kier molecular flexibility index (Phi) is 5.38. The van der Waals surface area contributed by atoms with Crippen LogP contribution in [0.3, 0.4) is 0 Å². The second-order valence-corrected chi connectivity index (χ2v) is 7.46. The molecule has 7 heteroatoms. The van der Waals surface area contributed by atoms with Crippen molar-refractivity contribution in [1.29, 1.82) is 0 Å². The standard InChI is InChI=1S/C22H24FN3O3/c1-29-18-6-4-5-17(13-18)26-14-15(11-21(26)27)22(28)24-16-7-8-20(19(23)12-16)25-9-2-3-10-25/h4-8,12-13,15H,2-3,9-11,14H2,1H3,(H,24,28). The molecule has 0 aliphatic carbocycles. The minimum absolute atomic E-state index is 0.117. The Morgan fingerprint density at radius 3 is 2.69 bits per heavy atom. The van der Waals surface area contributed by atoms with Crippen LogP contribution in [0.4, 0.5) is 21.5 Å². The average Bonchev–Trinajstić information content (AvgIpc) is 3.38. The van der Waals surface area contributed by atoms with Crippen molar-refractivity contribution in [3.05, 3.63) is 48.3 Å². The summed E-state index contributed by atoms with van der Waals surface area (Å²) in [5.74, 6) is -0.581. The van der Waals surface area contributed by atoms with E-state index < -0.39 is 5.92 Å². The molecule has 6 nitrogen and oxygen atoms in total. The third-order valence-electron chi connectivity index (χ3n) is 5.52. The lowest BCUT2D eigenvalue weighted by atomic mass is 10.1. The first-order valence-electron chi connectivity index (χ1n) is 9.85. The first-order chi connectivity index (χ1) is 14.0. The summed E-state index contributed by atoms with van der Waals surface area (Å²) in [6.45, 7) is 1.99. The van der Waals surface area contributed by atoms with E-state index in [0.717, 1.165) is 25.9 Å². The molecule has 0 radical (unpaired) electrons. The maximum atomic E-state index is 14.5. The van der Waals surface area contributed by atoms with Crippen molar-refractivity contribution in [1.82, 2.24) is 0 Å². The van der Waals surface area contributed by atoms with Gasteiger partial charge in [-0.05, 0) is 43.2 Å². The SMILES string of the molecule is COc1cccc(N2CC(C(=O)Nc3ccc(N4CCCC4)c(F)c3)CC2=O)c1. The number of benzene rings is 2. The van der Waals surface area contributed by atoms with Gasteiger partial charge in [0.15, 0.2) is 0 Å². The van der Waals surface area contributed by atoms with Gasteiger partial charge in [0.05, 0.1) is 18.7 Å². The molecule has 0 bridgehead atoms. The van der Waals surface area contributed by atoms with Gasteiger partial charge in [-0.1, -0.05) is 6.07 Å². The molecule has 2 saturated heterocycles. The van der Waals surface area contributed by atoms with Crippen LogP contribution in [0.25, 0.3) is 0 Å². The normalized spacial score (nSPS) is 19.0. The van der Waals surface area contributed by atoms with Gasteiger partial charge in [0, 0.05) is 43.5 Å². The molecular formula is C22H24FN3O3. The van der Waals surface area contributed by atoms with Gasteiger partial charge in [-0.3, -0.25) is 9.59 Å². The molecule has 2 aromatic rings. The van der Waals surface area contributed by atoms with Gasteiger partial charge in [0.1, 0.15) is 11.6 Å². The molecule has 2 aliphatic rings. The molecule has 1 unspecified atom stereocenters. The number of carbonyl (C=O) groups is 2. The zero-order valence-corrected chi connectivity index (χ0v) is 16.4. The summed E-state index contributed by atoms with van der Waals surface area (Å²) in [7, 11) is 1.56. The number of amides is 2. The Labute approximate surface area is 169 Å². The van der Waals surface area contributed by atoms with E-state index in [4.69, 9.17) is 4.74 Å². The monoisotopic (exact) mass is 397 g/mol. The van der Waals surface area contributed by atoms with Crippen molar-refractivity contribution >= 4 is 28.9 Å². The van der Waals surface area contributed by atoms with Gasteiger partial charge < -0.3 is 19.9 Å². The molecule has 0 aromatic heterocycles. The third-order valence-corrected chi connectivity index (χ3v) is 5.52. The third kappa shape index (κ3) is 4.04. The van der Waals surface area contributed by atoms with Crippen LogP contribution >= 0.6 is 0 Å². The van der Waals surface area contributed by atoms with Gasteiger partial charge in [0.25, 0.3) is 0 Å². The van der Waals surface area contributed by atoms with Crippen LogP contribution in [0.2, 0.25) is 0 Å². The van der Waals surface area contributed by atoms with Gasteiger partial charge in [-0.15, -0.1) is 0 Å². The van der Waals surface area contributed by atoms with E-state index in [2.05, 4.69) is 5.32 Å². The fourth-order valence-corrected chi connectivity index (χ4v) is 3.95. The number of halogens is 1. The molecule has 0 spiro atoms. The first-order valence-corrected chi connectivity index (χ1v) is 9.85. The number of nitrogens with zero attached hydrogens (tertiary/aromatic N) is 2. The number of hydrogen-bond donors (Lipinski definition) is 1. The van der Waals surface area contributed by atoms with Crippen molar-refractivity contribution in [2.45, 2.75) is 19.3 Å². The summed E-state index contributed by atoms with van der Waals surface area (Å²) in [4.78, 5) is 28.7. The Morgan fingerprint density at radius 1 is 1.17 bits per heavy atom. The average molecular weight is 397 g/mol. The second kappa shape index (κ2) is 8.11. The van der Waals surface area contributed by atoms with E-state index in [0.29, 0.717) is 22.8 Å². The molecule has 29 heavy (non-hydrogen) atoms.